The monoisotopic (exact) mass is 320 g/mol. The lowest BCUT2D eigenvalue weighted by molar-refractivity contribution is -0.0522. The predicted octanol–water partition coefficient (Wildman–Crippen LogP) is 4.96. The quantitative estimate of drug-likeness (QED) is 0.691. The molecule has 0 spiro atoms. The van der Waals surface area contributed by atoms with Gasteiger partial charge in [0.25, 0.3) is 0 Å². The van der Waals surface area contributed by atoms with E-state index in [0.717, 1.165) is 6.42 Å². The van der Waals surface area contributed by atoms with Gasteiger partial charge in [-0.1, -0.05) is 34.1 Å². The van der Waals surface area contributed by atoms with E-state index < -0.39 is 5.92 Å². The van der Waals surface area contributed by atoms with Crippen LogP contribution in [0, 0.1) is 11.7 Å². The van der Waals surface area contributed by atoms with Crippen LogP contribution in [0.5, 0.6) is 0 Å². The zero-order valence-electron chi connectivity index (χ0n) is 10.0. The van der Waals surface area contributed by atoms with Gasteiger partial charge in [-0.3, -0.25) is 0 Å². The highest BCUT2D eigenvalue weighted by molar-refractivity contribution is 9.09. The zero-order valence-corrected chi connectivity index (χ0v) is 11.6. The highest BCUT2D eigenvalue weighted by Gasteiger charge is 2.38. The van der Waals surface area contributed by atoms with Gasteiger partial charge in [-0.25, -0.2) is 13.2 Å². The molecule has 1 fully saturated rings. The fraction of sp³-hybridized carbons (Fsp3) is 0.571. The highest BCUT2D eigenvalue weighted by atomic mass is 79.9. The Morgan fingerprint density at radius 1 is 1.33 bits per heavy atom. The van der Waals surface area contributed by atoms with Crippen molar-refractivity contribution >= 4 is 15.9 Å². The van der Waals surface area contributed by atoms with Crippen molar-refractivity contribution in [2.45, 2.75) is 42.9 Å². The average Bonchev–Trinajstić information content (AvgIpc) is 2.31. The minimum absolute atomic E-state index is 0.0110. The van der Waals surface area contributed by atoms with E-state index in [9.17, 15) is 13.2 Å². The molecule has 1 aliphatic rings. The molecule has 0 saturated heterocycles. The average molecular weight is 321 g/mol. The summed E-state index contributed by atoms with van der Waals surface area (Å²) in [7, 11) is 0. The lowest BCUT2D eigenvalue weighted by Gasteiger charge is -2.32. The van der Waals surface area contributed by atoms with Crippen LogP contribution in [0.25, 0.3) is 0 Å². The van der Waals surface area contributed by atoms with Gasteiger partial charge in [-0.15, -0.1) is 0 Å². The summed E-state index contributed by atoms with van der Waals surface area (Å²) >= 11 is 3.46. The molecule has 1 aromatic carbocycles. The number of halogens is 4. The fourth-order valence-electron chi connectivity index (χ4n) is 2.56. The number of hydrogen-bond donors (Lipinski definition) is 0. The molecule has 0 heterocycles. The second-order valence-electron chi connectivity index (χ2n) is 5.02. The highest BCUT2D eigenvalue weighted by Crippen LogP contribution is 2.40. The van der Waals surface area contributed by atoms with Crippen LogP contribution in [0.15, 0.2) is 24.3 Å². The normalized spacial score (nSPS) is 24.8. The van der Waals surface area contributed by atoms with Crippen molar-refractivity contribution in [2.75, 3.05) is 0 Å². The van der Waals surface area contributed by atoms with Crippen molar-refractivity contribution in [1.29, 1.82) is 0 Å². The SMILES string of the molecule is Fc1ccccc1CC(Br)C1CCCC(F)(F)C1. The van der Waals surface area contributed by atoms with E-state index in [-0.39, 0.29) is 29.4 Å². The smallest absolute Gasteiger partial charge is 0.207 e. The molecule has 0 amide bonds. The third-order valence-electron chi connectivity index (χ3n) is 3.56. The molecule has 0 nitrogen and oxygen atoms in total. The Balaban J connectivity index is 2.00. The Kier molecular flexibility index (Phi) is 4.36. The van der Waals surface area contributed by atoms with Gasteiger partial charge < -0.3 is 0 Å². The van der Waals surface area contributed by atoms with Crippen LogP contribution in [-0.4, -0.2) is 10.7 Å². The maximum absolute atomic E-state index is 13.5. The second kappa shape index (κ2) is 5.64. The van der Waals surface area contributed by atoms with E-state index in [2.05, 4.69) is 15.9 Å². The second-order valence-corrected chi connectivity index (χ2v) is 6.20. The Morgan fingerprint density at radius 3 is 2.72 bits per heavy atom. The van der Waals surface area contributed by atoms with E-state index in [1.807, 2.05) is 0 Å². The maximum Gasteiger partial charge on any atom is 0.248 e. The predicted molar refractivity (Wildman–Crippen MR) is 69.7 cm³/mol. The molecule has 1 saturated carbocycles. The molecular weight excluding hydrogens is 305 g/mol. The molecule has 18 heavy (non-hydrogen) atoms. The molecule has 0 aromatic heterocycles. The summed E-state index contributed by atoms with van der Waals surface area (Å²) in [6, 6.07) is 6.53. The summed E-state index contributed by atoms with van der Waals surface area (Å²) in [5, 5.41) is 0. The van der Waals surface area contributed by atoms with Crippen LogP contribution in [0.4, 0.5) is 13.2 Å². The zero-order chi connectivity index (χ0) is 13.2. The van der Waals surface area contributed by atoms with Crippen LogP contribution in [0.1, 0.15) is 31.2 Å². The number of rotatable bonds is 3. The summed E-state index contributed by atoms with van der Waals surface area (Å²) in [5.74, 6) is -2.89. The van der Waals surface area contributed by atoms with Gasteiger partial charge in [-0.2, -0.15) is 0 Å². The van der Waals surface area contributed by atoms with Gasteiger partial charge in [0.15, 0.2) is 0 Å². The fourth-order valence-corrected chi connectivity index (χ4v) is 3.36. The summed E-state index contributed by atoms with van der Waals surface area (Å²) in [6.45, 7) is 0. The Labute approximate surface area is 114 Å². The molecule has 2 rings (SSSR count). The van der Waals surface area contributed by atoms with Crippen LogP contribution in [0.3, 0.4) is 0 Å². The van der Waals surface area contributed by atoms with Crippen molar-refractivity contribution in [3.05, 3.63) is 35.6 Å². The molecule has 0 N–H and O–H groups in total. The topological polar surface area (TPSA) is 0 Å². The van der Waals surface area contributed by atoms with Crippen molar-refractivity contribution in [3.8, 4) is 0 Å². The van der Waals surface area contributed by atoms with Crippen LogP contribution >= 0.6 is 15.9 Å². The van der Waals surface area contributed by atoms with Crippen molar-refractivity contribution < 1.29 is 13.2 Å². The van der Waals surface area contributed by atoms with Gasteiger partial charge in [-0.05, 0) is 36.8 Å². The van der Waals surface area contributed by atoms with E-state index in [1.54, 1.807) is 18.2 Å². The number of alkyl halides is 3. The van der Waals surface area contributed by atoms with E-state index in [1.165, 1.54) is 6.07 Å². The first-order valence-corrected chi connectivity index (χ1v) is 7.15. The largest absolute Gasteiger partial charge is 0.248 e. The van der Waals surface area contributed by atoms with Crippen LogP contribution in [0.2, 0.25) is 0 Å². The van der Waals surface area contributed by atoms with Gasteiger partial charge in [0.05, 0.1) is 0 Å². The summed E-state index contributed by atoms with van der Waals surface area (Å²) < 4.78 is 40.2. The molecule has 2 atom stereocenters. The molecule has 0 radical (unpaired) electrons. The van der Waals surface area contributed by atoms with Gasteiger partial charge in [0.1, 0.15) is 5.82 Å². The number of benzene rings is 1. The Hall–Kier alpha value is -0.510. The third-order valence-corrected chi connectivity index (χ3v) is 4.63. The summed E-state index contributed by atoms with van der Waals surface area (Å²) in [5.41, 5.74) is 0.591. The van der Waals surface area contributed by atoms with Crippen molar-refractivity contribution in [1.82, 2.24) is 0 Å². The molecular formula is C14H16BrF3. The van der Waals surface area contributed by atoms with Crippen LogP contribution < -0.4 is 0 Å². The molecule has 0 aliphatic heterocycles. The molecule has 4 heteroatoms. The minimum Gasteiger partial charge on any atom is -0.207 e. The van der Waals surface area contributed by atoms with Crippen LogP contribution in [-0.2, 0) is 6.42 Å². The van der Waals surface area contributed by atoms with Crippen molar-refractivity contribution in [3.63, 3.8) is 0 Å². The first-order chi connectivity index (χ1) is 8.48. The first-order valence-electron chi connectivity index (χ1n) is 6.23. The molecule has 0 bridgehead atoms. The van der Waals surface area contributed by atoms with Gasteiger partial charge in [0.2, 0.25) is 5.92 Å². The van der Waals surface area contributed by atoms with Gasteiger partial charge in [0, 0.05) is 17.7 Å². The molecule has 1 aromatic rings. The first kappa shape index (κ1) is 13.9. The summed E-state index contributed by atoms with van der Waals surface area (Å²) in [6.07, 6.45) is 1.71. The van der Waals surface area contributed by atoms with E-state index >= 15 is 0 Å². The molecule has 100 valence electrons. The Bertz CT molecular complexity index is 406. The lowest BCUT2D eigenvalue weighted by atomic mass is 9.83. The third kappa shape index (κ3) is 3.50. The van der Waals surface area contributed by atoms with E-state index in [0.29, 0.717) is 18.4 Å². The standard InChI is InChI=1S/C14H16BrF3/c15-12(8-10-4-1-2-6-13(10)16)11-5-3-7-14(17,18)9-11/h1-2,4,6,11-12H,3,5,7-9H2. The molecule has 1 aliphatic carbocycles. The van der Waals surface area contributed by atoms with E-state index in [4.69, 9.17) is 0 Å². The van der Waals surface area contributed by atoms with Gasteiger partial charge >= 0.3 is 0 Å². The lowest BCUT2D eigenvalue weighted by Crippen LogP contribution is -2.31. The van der Waals surface area contributed by atoms with Crippen molar-refractivity contribution in [2.24, 2.45) is 5.92 Å². The summed E-state index contributed by atoms with van der Waals surface area (Å²) in [4.78, 5) is -0.0828. The molecule has 2 unspecified atom stereocenters. The minimum atomic E-state index is -2.55. The number of hydrogen-bond acceptors (Lipinski definition) is 0. The maximum atomic E-state index is 13.5. The Morgan fingerprint density at radius 2 is 2.06 bits per heavy atom.